The monoisotopic (exact) mass is 742 g/mol. The average molecular weight is 743 g/mol. The predicted octanol–water partition coefficient (Wildman–Crippen LogP) is 15.8. The molecule has 0 fully saturated rings. The summed E-state index contributed by atoms with van der Waals surface area (Å²) in [5, 5.41) is 0. The minimum absolute atomic E-state index is 1.10. The first kappa shape index (κ1) is 36.0. The van der Waals surface area contributed by atoms with Crippen LogP contribution in [0.5, 0.6) is 0 Å². The van der Waals surface area contributed by atoms with E-state index < -0.39 is 0 Å². The lowest BCUT2D eigenvalue weighted by Gasteiger charge is -2.26. The minimum Gasteiger partial charge on any atom is -0.311 e. The molecule has 0 heterocycles. The van der Waals surface area contributed by atoms with Crippen LogP contribution in [0.25, 0.3) is 45.5 Å². The molecule has 2 heteroatoms. The first-order valence-electron chi connectivity index (χ1n) is 19.8. The van der Waals surface area contributed by atoms with Crippen LogP contribution in [0.1, 0.15) is 11.1 Å². The Kier molecular flexibility index (Phi) is 10.5. The Morgan fingerprint density at radius 2 is 0.397 bits per heavy atom. The van der Waals surface area contributed by atoms with Gasteiger partial charge in [-0.3, -0.25) is 0 Å². The lowest BCUT2D eigenvalue weighted by Crippen LogP contribution is -2.09. The maximum absolute atomic E-state index is 2.32. The van der Waals surface area contributed by atoms with Gasteiger partial charge < -0.3 is 9.80 Å². The molecule has 0 N–H and O–H groups in total. The molecule has 0 saturated heterocycles. The highest BCUT2D eigenvalue weighted by Gasteiger charge is 2.14. The van der Waals surface area contributed by atoms with Gasteiger partial charge >= 0.3 is 0 Å². The van der Waals surface area contributed by atoms with Crippen molar-refractivity contribution in [2.45, 2.75) is 0 Å². The van der Waals surface area contributed by atoms with Crippen molar-refractivity contribution in [3.63, 3.8) is 0 Å². The second-order valence-electron chi connectivity index (χ2n) is 14.3. The number of para-hydroxylation sites is 2. The fraction of sp³-hybridized carbons (Fsp3) is 0. The third kappa shape index (κ3) is 8.14. The van der Waals surface area contributed by atoms with Crippen molar-refractivity contribution in [2.75, 3.05) is 9.80 Å². The highest BCUT2D eigenvalue weighted by Crippen LogP contribution is 2.38. The van der Waals surface area contributed by atoms with Gasteiger partial charge in [-0.2, -0.15) is 0 Å². The molecule has 58 heavy (non-hydrogen) atoms. The van der Waals surface area contributed by atoms with Gasteiger partial charge in [-0.1, -0.05) is 182 Å². The summed E-state index contributed by atoms with van der Waals surface area (Å²) in [4.78, 5) is 4.61. The van der Waals surface area contributed by atoms with E-state index in [0.29, 0.717) is 0 Å². The maximum atomic E-state index is 2.32. The molecule has 0 unspecified atom stereocenters. The van der Waals surface area contributed by atoms with Crippen molar-refractivity contribution < 1.29 is 0 Å². The number of benzene rings is 9. The van der Waals surface area contributed by atoms with Gasteiger partial charge in [0.2, 0.25) is 0 Å². The molecule has 0 aliphatic rings. The highest BCUT2D eigenvalue weighted by molar-refractivity contribution is 5.82. The van der Waals surface area contributed by atoms with Crippen molar-refractivity contribution in [2.24, 2.45) is 0 Å². The summed E-state index contributed by atoms with van der Waals surface area (Å²) >= 11 is 0. The quantitative estimate of drug-likeness (QED) is 0.122. The summed E-state index contributed by atoms with van der Waals surface area (Å²) < 4.78 is 0. The molecule has 0 amide bonds. The van der Waals surface area contributed by atoms with E-state index in [2.05, 4.69) is 265 Å². The zero-order valence-electron chi connectivity index (χ0n) is 32.1. The lowest BCUT2D eigenvalue weighted by atomic mass is 10.0. The molecule has 0 bridgehead atoms. The first-order chi connectivity index (χ1) is 28.7. The van der Waals surface area contributed by atoms with Crippen LogP contribution in [0.3, 0.4) is 0 Å². The molecule has 9 aromatic carbocycles. The Balaban J connectivity index is 0.927. The van der Waals surface area contributed by atoms with E-state index in [4.69, 9.17) is 0 Å². The number of nitrogens with zero attached hydrogens (tertiary/aromatic N) is 2. The van der Waals surface area contributed by atoms with Crippen LogP contribution < -0.4 is 9.80 Å². The van der Waals surface area contributed by atoms with E-state index in [1.165, 1.54) is 33.4 Å². The zero-order chi connectivity index (χ0) is 38.9. The third-order valence-electron chi connectivity index (χ3n) is 10.5. The smallest absolute Gasteiger partial charge is 0.0462 e. The molecular formula is C56H42N2. The Morgan fingerprint density at radius 1 is 0.190 bits per heavy atom. The summed E-state index contributed by atoms with van der Waals surface area (Å²) in [7, 11) is 0. The summed E-state index contributed by atoms with van der Waals surface area (Å²) in [5.74, 6) is 0. The number of hydrogen-bond donors (Lipinski definition) is 0. The van der Waals surface area contributed by atoms with Crippen LogP contribution >= 0.6 is 0 Å². The topological polar surface area (TPSA) is 6.48 Å². The van der Waals surface area contributed by atoms with Crippen LogP contribution in [0.4, 0.5) is 34.1 Å². The van der Waals surface area contributed by atoms with E-state index in [-0.39, 0.29) is 0 Å². The SMILES string of the molecule is C(=Cc1ccc(N(c2ccc(-c3ccccc3)cc2)c2ccc(-c3ccccc3)cc2)cc1)c1ccc(-c2ccc(N(c3ccccc3)c3ccccc3)cc2)cc1. The molecule has 0 saturated carbocycles. The molecule has 0 aliphatic heterocycles. The zero-order valence-corrected chi connectivity index (χ0v) is 32.1. The largest absolute Gasteiger partial charge is 0.311 e. The molecule has 0 aromatic heterocycles. The van der Waals surface area contributed by atoms with Gasteiger partial charge in [0.25, 0.3) is 0 Å². The first-order valence-corrected chi connectivity index (χ1v) is 19.8. The summed E-state index contributed by atoms with van der Waals surface area (Å²) in [5.41, 5.74) is 16.2. The second kappa shape index (κ2) is 17.0. The van der Waals surface area contributed by atoms with E-state index in [1.807, 2.05) is 0 Å². The van der Waals surface area contributed by atoms with Crippen LogP contribution in [0, 0.1) is 0 Å². The predicted molar refractivity (Wildman–Crippen MR) is 247 cm³/mol. The fourth-order valence-electron chi connectivity index (χ4n) is 7.43. The van der Waals surface area contributed by atoms with E-state index in [9.17, 15) is 0 Å². The van der Waals surface area contributed by atoms with Gasteiger partial charge in [0.1, 0.15) is 0 Å². The van der Waals surface area contributed by atoms with Crippen molar-refractivity contribution in [3.8, 4) is 33.4 Å². The van der Waals surface area contributed by atoms with Crippen LogP contribution in [-0.4, -0.2) is 0 Å². The molecule has 0 atom stereocenters. The summed E-state index contributed by atoms with van der Waals surface area (Å²) in [6, 6.07) is 86.2. The molecular weight excluding hydrogens is 701 g/mol. The van der Waals surface area contributed by atoms with Crippen molar-refractivity contribution >= 4 is 46.3 Å². The maximum Gasteiger partial charge on any atom is 0.0462 e. The molecule has 9 rings (SSSR count). The van der Waals surface area contributed by atoms with E-state index >= 15 is 0 Å². The Hall–Kier alpha value is -7.68. The number of rotatable bonds is 11. The van der Waals surface area contributed by atoms with Crippen LogP contribution in [-0.2, 0) is 0 Å². The average Bonchev–Trinajstić information content (AvgIpc) is 3.31. The molecule has 276 valence electrons. The summed E-state index contributed by atoms with van der Waals surface area (Å²) in [6.45, 7) is 0. The molecule has 9 aromatic rings. The van der Waals surface area contributed by atoms with Gasteiger partial charge in [0.05, 0.1) is 0 Å². The van der Waals surface area contributed by atoms with Crippen LogP contribution in [0.2, 0.25) is 0 Å². The number of hydrogen-bond acceptors (Lipinski definition) is 2. The van der Waals surface area contributed by atoms with Crippen LogP contribution in [0.15, 0.2) is 243 Å². The van der Waals surface area contributed by atoms with Crippen molar-refractivity contribution in [1.29, 1.82) is 0 Å². The molecule has 0 aliphatic carbocycles. The normalized spacial score (nSPS) is 11.0. The van der Waals surface area contributed by atoms with Gasteiger partial charge in [0.15, 0.2) is 0 Å². The minimum atomic E-state index is 1.10. The third-order valence-corrected chi connectivity index (χ3v) is 10.5. The van der Waals surface area contributed by atoms with Crippen molar-refractivity contribution in [3.05, 3.63) is 254 Å². The molecule has 0 spiro atoms. The second-order valence-corrected chi connectivity index (χ2v) is 14.3. The van der Waals surface area contributed by atoms with Gasteiger partial charge in [-0.25, -0.2) is 0 Å². The Labute approximate surface area is 341 Å². The highest BCUT2D eigenvalue weighted by atomic mass is 15.1. The Bertz CT molecular complexity index is 2570. The van der Waals surface area contributed by atoms with Gasteiger partial charge in [-0.15, -0.1) is 0 Å². The molecule has 0 radical (unpaired) electrons. The van der Waals surface area contributed by atoms with Gasteiger partial charge in [0, 0.05) is 34.1 Å². The standard InChI is InChI=1S/C56H42N2/c1-5-13-45(14-6-1)48-29-37-55(38-30-48)58(56-39-31-49(32-40-56)46-15-7-2-8-16-46)53-35-25-44(26-36-53)22-21-43-23-27-47(28-24-43)50-33-41-54(42-34-50)57(51-17-9-3-10-18-51)52-19-11-4-12-20-52/h1-42H. The fourth-order valence-corrected chi connectivity index (χ4v) is 7.43. The van der Waals surface area contributed by atoms with Crippen molar-refractivity contribution in [1.82, 2.24) is 0 Å². The van der Waals surface area contributed by atoms with Gasteiger partial charge in [-0.05, 0) is 117 Å². The lowest BCUT2D eigenvalue weighted by molar-refractivity contribution is 1.28. The molecule has 2 nitrogen and oxygen atoms in total. The van der Waals surface area contributed by atoms with E-state index in [0.717, 1.165) is 45.3 Å². The van der Waals surface area contributed by atoms with E-state index in [1.54, 1.807) is 0 Å². The summed E-state index contributed by atoms with van der Waals surface area (Å²) in [6.07, 6.45) is 4.37. The number of anilines is 6. The Morgan fingerprint density at radius 3 is 0.707 bits per heavy atom.